The van der Waals surface area contributed by atoms with Gasteiger partial charge >= 0.3 is 0 Å². The van der Waals surface area contributed by atoms with Crippen molar-refractivity contribution in [2.24, 2.45) is 5.92 Å². The number of benzene rings is 2. The lowest BCUT2D eigenvalue weighted by molar-refractivity contribution is 0.693. The Balaban J connectivity index is 2.75. The SMILES string of the molecule is Cc1cc(C)c([Si](=CCC(C)C)c2c(C)cc(C)cc2C)c(C)c1. The average molecular weight is 337 g/mol. The highest BCUT2D eigenvalue weighted by Gasteiger charge is 2.17. The van der Waals surface area contributed by atoms with E-state index in [-0.39, 0.29) is 0 Å². The van der Waals surface area contributed by atoms with Crippen LogP contribution in [0, 0.1) is 47.5 Å². The first-order chi connectivity index (χ1) is 11.2. The van der Waals surface area contributed by atoms with Crippen LogP contribution in [0.1, 0.15) is 53.6 Å². The first-order valence-corrected chi connectivity index (χ1v) is 10.6. The topological polar surface area (TPSA) is 0 Å². The molecule has 0 bridgehead atoms. The van der Waals surface area contributed by atoms with Gasteiger partial charge in [0.25, 0.3) is 0 Å². The van der Waals surface area contributed by atoms with E-state index in [1.54, 1.807) is 10.4 Å². The summed E-state index contributed by atoms with van der Waals surface area (Å²) < 4.78 is 0. The molecule has 0 unspecified atom stereocenters. The summed E-state index contributed by atoms with van der Waals surface area (Å²) in [5.74, 6) is 0.710. The highest BCUT2D eigenvalue weighted by atomic mass is 28.2. The molecule has 2 aromatic rings. The Bertz CT molecular complexity index is 673. The predicted molar refractivity (Wildman–Crippen MR) is 112 cm³/mol. The summed E-state index contributed by atoms with van der Waals surface area (Å²) in [6.07, 6.45) is 1.19. The van der Waals surface area contributed by atoms with Crippen LogP contribution in [0.5, 0.6) is 0 Å². The molecule has 1 heteroatoms. The molecule has 0 radical (unpaired) electrons. The Kier molecular flexibility index (Phi) is 5.98. The van der Waals surface area contributed by atoms with E-state index in [0.29, 0.717) is 5.92 Å². The van der Waals surface area contributed by atoms with Crippen molar-refractivity contribution in [2.75, 3.05) is 0 Å². The van der Waals surface area contributed by atoms with Crippen LogP contribution >= 0.6 is 0 Å². The lowest BCUT2D eigenvalue weighted by Gasteiger charge is -2.20. The monoisotopic (exact) mass is 336 g/mol. The van der Waals surface area contributed by atoms with Crippen LogP contribution in [-0.4, -0.2) is 14.1 Å². The van der Waals surface area contributed by atoms with Crippen molar-refractivity contribution in [3.63, 3.8) is 0 Å². The van der Waals surface area contributed by atoms with E-state index >= 15 is 0 Å². The van der Waals surface area contributed by atoms with Gasteiger partial charge in [-0.25, -0.2) is 0 Å². The average Bonchev–Trinajstić information content (AvgIpc) is 2.41. The normalized spacial score (nSPS) is 11.0. The molecule has 0 N–H and O–H groups in total. The Morgan fingerprint density at radius 1 is 0.708 bits per heavy atom. The van der Waals surface area contributed by atoms with Gasteiger partial charge in [0.1, 0.15) is 0 Å². The van der Waals surface area contributed by atoms with Gasteiger partial charge < -0.3 is 0 Å². The minimum absolute atomic E-state index is 0.710. The maximum atomic E-state index is 2.64. The summed E-state index contributed by atoms with van der Waals surface area (Å²) in [6.45, 7) is 18.2. The molecule has 0 aliphatic rings. The third-order valence-electron chi connectivity index (χ3n) is 4.69. The zero-order valence-corrected chi connectivity index (χ0v) is 17.7. The van der Waals surface area contributed by atoms with Crippen molar-refractivity contribution in [3.05, 3.63) is 57.6 Å². The second kappa shape index (κ2) is 7.61. The molecule has 0 saturated heterocycles. The van der Waals surface area contributed by atoms with Crippen molar-refractivity contribution in [2.45, 2.75) is 61.8 Å². The van der Waals surface area contributed by atoms with E-state index in [1.807, 2.05) is 0 Å². The predicted octanol–water partition coefficient (Wildman–Crippen LogP) is 4.58. The summed E-state index contributed by atoms with van der Waals surface area (Å²) >= 11 is 0. The number of aryl methyl sites for hydroxylation is 6. The van der Waals surface area contributed by atoms with Gasteiger partial charge in [-0.2, -0.15) is 0 Å². The molecule has 0 heterocycles. The Hall–Kier alpha value is -1.47. The molecule has 0 nitrogen and oxygen atoms in total. The molecular weight excluding hydrogens is 304 g/mol. The maximum absolute atomic E-state index is 2.64. The molecule has 24 heavy (non-hydrogen) atoms. The van der Waals surface area contributed by atoms with Crippen LogP contribution in [0.3, 0.4) is 0 Å². The fraction of sp³-hybridized carbons (Fsp3) is 0.435. The van der Waals surface area contributed by atoms with Gasteiger partial charge in [-0.15, -0.1) is 0 Å². The molecule has 0 fully saturated rings. The van der Waals surface area contributed by atoms with Gasteiger partial charge in [-0.05, 0) is 86.5 Å². The largest absolute Gasteiger partial charge is 0.0950 e. The lowest BCUT2D eigenvalue weighted by Crippen LogP contribution is -2.42. The van der Waals surface area contributed by atoms with Crippen molar-refractivity contribution >= 4 is 24.5 Å². The van der Waals surface area contributed by atoms with Crippen LogP contribution in [0.2, 0.25) is 0 Å². The second-order valence-corrected chi connectivity index (χ2v) is 10.0. The molecule has 0 aliphatic carbocycles. The van der Waals surface area contributed by atoms with E-state index in [0.717, 1.165) is 0 Å². The van der Waals surface area contributed by atoms with Crippen LogP contribution in [0.15, 0.2) is 24.3 Å². The quantitative estimate of drug-likeness (QED) is 0.717. The molecule has 0 amide bonds. The van der Waals surface area contributed by atoms with E-state index in [9.17, 15) is 0 Å². The summed E-state index contributed by atoms with van der Waals surface area (Å²) in [5, 5.41) is 3.20. The molecule has 2 aromatic carbocycles. The van der Waals surface area contributed by atoms with Crippen molar-refractivity contribution in [3.8, 4) is 0 Å². The summed E-state index contributed by atoms with van der Waals surface area (Å²) in [6, 6.07) is 9.42. The minimum atomic E-state index is -0.873. The highest BCUT2D eigenvalue weighted by Crippen LogP contribution is 2.11. The Labute approximate surface area is 150 Å². The molecule has 0 aromatic heterocycles. The minimum Gasteiger partial charge on any atom is -0.0950 e. The zero-order valence-electron chi connectivity index (χ0n) is 16.7. The molecule has 0 atom stereocenters. The van der Waals surface area contributed by atoms with E-state index in [1.165, 1.54) is 39.8 Å². The van der Waals surface area contributed by atoms with E-state index < -0.39 is 8.41 Å². The summed E-state index contributed by atoms with van der Waals surface area (Å²) in [4.78, 5) is 0. The van der Waals surface area contributed by atoms with Crippen molar-refractivity contribution in [1.29, 1.82) is 0 Å². The number of hydrogen-bond acceptors (Lipinski definition) is 0. The van der Waals surface area contributed by atoms with E-state index in [4.69, 9.17) is 0 Å². The van der Waals surface area contributed by atoms with E-state index in [2.05, 4.69) is 85.3 Å². The van der Waals surface area contributed by atoms with Gasteiger partial charge in [0.05, 0.1) is 8.41 Å². The van der Waals surface area contributed by atoms with Gasteiger partial charge in [0.2, 0.25) is 0 Å². The number of hydrogen-bond donors (Lipinski definition) is 0. The van der Waals surface area contributed by atoms with Gasteiger partial charge in [-0.1, -0.05) is 54.9 Å². The van der Waals surface area contributed by atoms with Crippen LogP contribution in [0.25, 0.3) is 0 Å². The molecular formula is C23H32Si. The summed E-state index contributed by atoms with van der Waals surface area (Å²) in [7, 11) is -0.873. The van der Waals surface area contributed by atoms with Gasteiger partial charge in [0.15, 0.2) is 0 Å². The number of rotatable bonds is 4. The second-order valence-electron chi connectivity index (χ2n) is 7.79. The zero-order chi connectivity index (χ0) is 18.0. The standard InChI is InChI=1S/C23H32Si/c1-15(2)9-10-24(22-18(5)11-16(3)12-19(22)6)23-20(7)13-17(4)14-21(23)8/h10-15H,9H2,1-8H3. The summed E-state index contributed by atoms with van der Waals surface area (Å²) in [5.41, 5.74) is 11.2. The molecule has 0 aliphatic heterocycles. The first-order valence-electron chi connectivity index (χ1n) is 9.07. The van der Waals surface area contributed by atoms with Crippen LogP contribution in [0.4, 0.5) is 0 Å². The van der Waals surface area contributed by atoms with Crippen LogP contribution < -0.4 is 10.4 Å². The fourth-order valence-electron chi connectivity index (χ4n) is 3.89. The smallest absolute Gasteiger partial charge is 0.0773 e. The Morgan fingerprint density at radius 3 is 1.33 bits per heavy atom. The van der Waals surface area contributed by atoms with Crippen molar-refractivity contribution < 1.29 is 0 Å². The highest BCUT2D eigenvalue weighted by molar-refractivity contribution is 6.90. The molecule has 0 spiro atoms. The van der Waals surface area contributed by atoms with Gasteiger partial charge in [0, 0.05) is 0 Å². The third-order valence-corrected chi connectivity index (χ3v) is 7.98. The van der Waals surface area contributed by atoms with Gasteiger partial charge in [-0.3, -0.25) is 0 Å². The molecule has 128 valence electrons. The molecule has 2 rings (SSSR count). The third kappa shape index (κ3) is 4.13. The Morgan fingerprint density at radius 2 is 1.04 bits per heavy atom. The lowest BCUT2D eigenvalue weighted by atomic mass is 10.1. The fourth-order valence-corrected chi connectivity index (χ4v) is 7.25. The maximum Gasteiger partial charge on any atom is 0.0773 e. The molecule has 0 saturated carbocycles. The van der Waals surface area contributed by atoms with Crippen LogP contribution in [-0.2, 0) is 0 Å². The first kappa shape index (κ1) is 18.9. The van der Waals surface area contributed by atoms with Crippen molar-refractivity contribution in [1.82, 2.24) is 0 Å².